The van der Waals surface area contributed by atoms with E-state index in [9.17, 15) is 19.2 Å². The van der Waals surface area contributed by atoms with Crippen molar-refractivity contribution in [2.75, 3.05) is 18.6 Å². The molecule has 1 saturated heterocycles. The van der Waals surface area contributed by atoms with E-state index in [-0.39, 0.29) is 5.75 Å². The van der Waals surface area contributed by atoms with Gasteiger partial charge in [0.1, 0.15) is 18.1 Å². The Labute approximate surface area is 120 Å². The SMILES string of the molecule is CSC[C@H](NC(=O)CN1C(=O)NC(C)(C)C1=O)C(=O)O. The average Bonchev–Trinajstić information content (AvgIpc) is 2.51. The highest BCUT2D eigenvalue weighted by atomic mass is 32.2. The Kier molecular flexibility index (Phi) is 4.98. The molecular formula is C11H17N3O5S. The maximum Gasteiger partial charge on any atom is 0.327 e. The Morgan fingerprint density at radius 1 is 1.45 bits per heavy atom. The van der Waals surface area contributed by atoms with Crippen LogP contribution in [0.15, 0.2) is 0 Å². The minimum absolute atomic E-state index is 0.201. The molecule has 1 atom stereocenters. The molecule has 8 nitrogen and oxygen atoms in total. The topological polar surface area (TPSA) is 116 Å². The van der Waals surface area contributed by atoms with E-state index >= 15 is 0 Å². The van der Waals surface area contributed by atoms with Crippen molar-refractivity contribution in [1.29, 1.82) is 0 Å². The van der Waals surface area contributed by atoms with Gasteiger partial charge in [-0.3, -0.25) is 14.5 Å². The number of carboxylic acids is 1. The molecule has 1 fully saturated rings. The number of hydrogen-bond donors (Lipinski definition) is 3. The molecule has 0 bridgehead atoms. The third kappa shape index (κ3) is 3.62. The molecule has 112 valence electrons. The standard InChI is InChI=1S/C11H17N3O5S/c1-11(2)9(18)14(10(19)13-11)4-7(15)12-6(5-20-3)8(16)17/h6H,4-5H2,1-3H3,(H,12,15)(H,13,19)(H,16,17)/t6-/m0/s1. The van der Waals surface area contributed by atoms with Crippen LogP contribution < -0.4 is 10.6 Å². The fourth-order valence-corrected chi connectivity index (χ4v) is 2.25. The van der Waals surface area contributed by atoms with Gasteiger partial charge in [-0.1, -0.05) is 0 Å². The predicted octanol–water partition coefficient (Wildman–Crippen LogP) is -0.751. The van der Waals surface area contributed by atoms with E-state index in [2.05, 4.69) is 10.6 Å². The van der Waals surface area contributed by atoms with Crippen molar-refractivity contribution in [1.82, 2.24) is 15.5 Å². The van der Waals surface area contributed by atoms with Crippen LogP contribution in [-0.2, 0) is 14.4 Å². The van der Waals surface area contributed by atoms with Crippen LogP contribution in [0, 0.1) is 0 Å². The van der Waals surface area contributed by atoms with Gasteiger partial charge in [-0.15, -0.1) is 0 Å². The number of imide groups is 1. The fraction of sp³-hybridized carbons (Fsp3) is 0.636. The number of carboxylic acid groups (broad SMARTS) is 1. The summed E-state index contributed by atoms with van der Waals surface area (Å²) in [5.41, 5.74) is -1.05. The van der Waals surface area contributed by atoms with Gasteiger partial charge in [0.25, 0.3) is 5.91 Å². The van der Waals surface area contributed by atoms with Gasteiger partial charge in [-0.25, -0.2) is 9.59 Å². The molecular weight excluding hydrogens is 286 g/mol. The monoisotopic (exact) mass is 303 g/mol. The van der Waals surface area contributed by atoms with Gasteiger partial charge < -0.3 is 15.7 Å². The molecule has 1 aliphatic rings. The van der Waals surface area contributed by atoms with Crippen LogP contribution in [0.1, 0.15) is 13.8 Å². The molecule has 3 N–H and O–H groups in total. The second-order valence-electron chi connectivity index (χ2n) is 4.86. The summed E-state index contributed by atoms with van der Waals surface area (Å²) in [6, 6.07) is -1.71. The summed E-state index contributed by atoms with van der Waals surface area (Å²) >= 11 is 1.27. The highest BCUT2D eigenvalue weighted by Crippen LogP contribution is 2.15. The lowest BCUT2D eigenvalue weighted by Gasteiger charge is -2.17. The molecule has 1 rings (SSSR count). The number of urea groups is 1. The minimum atomic E-state index is -1.16. The number of nitrogens with one attached hydrogen (secondary N) is 2. The lowest BCUT2D eigenvalue weighted by molar-refractivity contribution is -0.141. The molecule has 4 amide bonds. The molecule has 1 heterocycles. The molecule has 1 aliphatic heterocycles. The Morgan fingerprint density at radius 3 is 2.45 bits per heavy atom. The van der Waals surface area contributed by atoms with Crippen molar-refractivity contribution in [2.45, 2.75) is 25.4 Å². The van der Waals surface area contributed by atoms with E-state index in [0.717, 1.165) is 4.90 Å². The van der Waals surface area contributed by atoms with Crippen LogP contribution in [0.4, 0.5) is 4.79 Å². The third-order valence-corrected chi connectivity index (χ3v) is 3.38. The van der Waals surface area contributed by atoms with Gasteiger partial charge in [-0.2, -0.15) is 11.8 Å². The molecule has 0 aromatic carbocycles. The molecule has 0 aromatic heterocycles. The van der Waals surface area contributed by atoms with Gasteiger partial charge in [0.05, 0.1) is 0 Å². The number of carbonyl (C=O) groups excluding carboxylic acids is 3. The lowest BCUT2D eigenvalue weighted by atomic mass is 10.1. The number of aliphatic carboxylic acids is 1. The van der Waals surface area contributed by atoms with Gasteiger partial charge in [-0.05, 0) is 20.1 Å². The van der Waals surface area contributed by atoms with Crippen LogP contribution >= 0.6 is 11.8 Å². The molecule has 20 heavy (non-hydrogen) atoms. The lowest BCUT2D eigenvalue weighted by Crippen LogP contribution is -2.48. The van der Waals surface area contributed by atoms with Crippen LogP contribution in [-0.4, -0.2) is 64.0 Å². The van der Waals surface area contributed by atoms with Crippen LogP contribution in [0.3, 0.4) is 0 Å². The maximum absolute atomic E-state index is 11.9. The van der Waals surface area contributed by atoms with Crippen molar-refractivity contribution < 1.29 is 24.3 Å². The van der Waals surface area contributed by atoms with E-state index in [1.165, 1.54) is 25.6 Å². The van der Waals surface area contributed by atoms with E-state index in [1.54, 1.807) is 6.26 Å². The van der Waals surface area contributed by atoms with Gasteiger partial charge in [0, 0.05) is 5.75 Å². The quantitative estimate of drug-likeness (QED) is 0.556. The number of amides is 4. The van der Waals surface area contributed by atoms with Crippen LogP contribution in [0.2, 0.25) is 0 Å². The van der Waals surface area contributed by atoms with Gasteiger partial charge in [0.2, 0.25) is 5.91 Å². The summed E-state index contributed by atoms with van der Waals surface area (Å²) < 4.78 is 0. The molecule has 0 aliphatic carbocycles. The minimum Gasteiger partial charge on any atom is -0.480 e. The second kappa shape index (κ2) is 6.12. The molecule has 0 aromatic rings. The first-order valence-electron chi connectivity index (χ1n) is 5.84. The highest BCUT2D eigenvalue weighted by Gasteiger charge is 2.45. The molecule has 0 unspecified atom stereocenters. The first kappa shape index (κ1) is 16.3. The molecule has 0 radical (unpaired) electrons. The fourth-order valence-electron chi connectivity index (χ4n) is 1.69. The summed E-state index contributed by atoms with van der Waals surface area (Å²) in [5, 5.41) is 13.6. The van der Waals surface area contributed by atoms with Crippen molar-refractivity contribution in [3.05, 3.63) is 0 Å². The third-order valence-electron chi connectivity index (χ3n) is 2.71. The number of rotatable bonds is 6. The largest absolute Gasteiger partial charge is 0.480 e. The zero-order chi connectivity index (χ0) is 15.5. The Balaban J connectivity index is 2.65. The number of thioether (sulfide) groups is 1. The first-order valence-corrected chi connectivity index (χ1v) is 7.23. The van der Waals surface area contributed by atoms with E-state index in [0.29, 0.717) is 0 Å². The molecule has 0 saturated carbocycles. The van der Waals surface area contributed by atoms with Crippen LogP contribution in [0.25, 0.3) is 0 Å². The summed E-state index contributed by atoms with van der Waals surface area (Å²) in [4.78, 5) is 46.8. The first-order chi connectivity index (χ1) is 9.19. The number of nitrogens with zero attached hydrogens (tertiary/aromatic N) is 1. The summed E-state index contributed by atoms with van der Waals surface area (Å²) in [6.45, 7) is 2.56. The van der Waals surface area contributed by atoms with E-state index in [1.807, 2.05) is 0 Å². The average molecular weight is 303 g/mol. The number of carbonyl (C=O) groups is 4. The van der Waals surface area contributed by atoms with Gasteiger partial charge >= 0.3 is 12.0 Å². The van der Waals surface area contributed by atoms with Crippen LogP contribution in [0.5, 0.6) is 0 Å². The Morgan fingerprint density at radius 2 is 2.05 bits per heavy atom. The highest BCUT2D eigenvalue weighted by molar-refractivity contribution is 7.98. The molecule has 0 spiro atoms. The van der Waals surface area contributed by atoms with Crippen molar-refractivity contribution in [3.8, 4) is 0 Å². The maximum atomic E-state index is 11.9. The summed E-state index contributed by atoms with van der Waals surface area (Å²) in [6.07, 6.45) is 1.71. The Bertz CT molecular complexity index is 451. The van der Waals surface area contributed by atoms with Crippen molar-refractivity contribution >= 4 is 35.6 Å². The van der Waals surface area contributed by atoms with E-state index < -0.39 is 41.9 Å². The Hall–Kier alpha value is -1.77. The zero-order valence-electron chi connectivity index (χ0n) is 11.4. The summed E-state index contributed by atoms with van der Waals surface area (Å²) in [7, 11) is 0. The van der Waals surface area contributed by atoms with Crippen molar-refractivity contribution in [3.63, 3.8) is 0 Å². The van der Waals surface area contributed by atoms with Gasteiger partial charge in [0.15, 0.2) is 0 Å². The smallest absolute Gasteiger partial charge is 0.327 e. The second-order valence-corrected chi connectivity index (χ2v) is 5.77. The summed E-state index contributed by atoms with van der Waals surface area (Å²) in [5.74, 6) is -2.17. The molecule has 9 heteroatoms. The zero-order valence-corrected chi connectivity index (χ0v) is 12.2. The van der Waals surface area contributed by atoms with E-state index in [4.69, 9.17) is 5.11 Å². The predicted molar refractivity (Wildman–Crippen MR) is 72.3 cm³/mol. The van der Waals surface area contributed by atoms with Crippen molar-refractivity contribution in [2.24, 2.45) is 0 Å². The normalized spacial score (nSPS) is 18.6. The number of hydrogen-bond acceptors (Lipinski definition) is 5.